The van der Waals surface area contributed by atoms with Gasteiger partial charge < -0.3 is 4.74 Å². The fourth-order valence-electron chi connectivity index (χ4n) is 1.69. The van der Waals surface area contributed by atoms with Gasteiger partial charge in [0.05, 0.1) is 11.1 Å². The topological polar surface area (TPSA) is 9.23 Å². The average molecular weight is 345 g/mol. The van der Waals surface area contributed by atoms with Gasteiger partial charge in [-0.25, -0.2) is 0 Å². The van der Waals surface area contributed by atoms with Crippen LogP contribution in [-0.4, -0.2) is 6.61 Å². The average Bonchev–Trinajstić information content (AvgIpc) is 2.99. The number of thiophene rings is 2. The first-order valence-corrected chi connectivity index (χ1v) is 8.81. The molecule has 0 saturated heterocycles. The molecule has 0 atom stereocenters. The Labute approximate surface area is 125 Å². The quantitative estimate of drug-likeness (QED) is 0.543. The molecule has 2 aromatic rings. The van der Waals surface area contributed by atoms with Gasteiger partial charge in [-0.05, 0) is 45.2 Å². The summed E-state index contributed by atoms with van der Waals surface area (Å²) < 4.78 is 6.91. The van der Waals surface area contributed by atoms with Crippen LogP contribution in [0.2, 0.25) is 0 Å². The Morgan fingerprint density at radius 2 is 2.17 bits per heavy atom. The highest BCUT2D eigenvalue weighted by Gasteiger charge is 2.09. The molecule has 0 fully saturated rings. The van der Waals surface area contributed by atoms with E-state index in [1.807, 2.05) is 0 Å². The van der Waals surface area contributed by atoms with Crippen LogP contribution in [0.3, 0.4) is 0 Å². The monoisotopic (exact) mass is 344 g/mol. The van der Waals surface area contributed by atoms with Crippen LogP contribution in [0.4, 0.5) is 0 Å². The highest BCUT2D eigenvalue weighted by molar-refractivity contribution is 9.10. The molecule has 0 aliphatic rings. The van der Waals surface area contributed by atoms with Gasteiger partial charge >= 0.3 is 0 Å². The van der Waals surface area contributed by atoms with Crippen LogP contribution in [0.15, 0.2) is 27.4 Å². The van der Waals surface area contributed by atoms with Crippen molar-refractivity contribution in [3.63, 3.8) is 0 Å². The second-order valence-corrected chi connectivity index (χ2v) is 6.82. The number of halogens is 1. The van der Waals surface area contributed by atoms with E-state index in [0.717, 1.165) is 22.6 Å². The van der Waals surface area contributed by atoms with Crippen molar-refractivity contribution in [1.82, 2.24) is 0 Å². The van der Waals surface area contributed by atoms with E-state index in [-0.39, 0.29) is 0 Å². The summed E-state index contributed by atoms with van der Waals surface area (Å²) in [5.41, 5.74) is 1.28. The summed E-state index contributed by atoms with van der Waals surface area (Å²) in [6.45, 7) is 3.05. The van der Waals surface area contributed by atoms with Gasteiger partial charge in [-0.1, -0.05) is 37.5 Å². The lowest BCUT2D eigenvalue weighted by atomic mass is 10.2. The summed E-state index contributed by atoms with van der Waals surface area (Å²) in [5, 5.41) is 5.28. The number of rotatable bonds is 7. The second kappa shape index (κ2) is 7.31. The molecule has 0 aliphatic carbocycles. The fraction of sp³-hybridized carbons (Fsp3) is 0.429. The van der Waals surface area contributed by atoms with Gasteiger partial charge in [0.2, 0.25) is 0 Å². The minimum absolute atomic E-state index is 0.822. The predicted molar refractivity (Wildman–Crippen MR) is 85.0 cm³/mol. The lowest BCUT2D eigenvalue weighted by Gasteiger charge is -2.03. The van der Waals surface area contributed by atoms with Crippen molar-refractivity contribution in [3.05, 3.63) is 27.4 Å². The molecule has 98 valence electrons. The van der Waals surface area contributed by atoms with Gasteiger partial charge in [0.15, 0.2) is 5.06 Å². The number of ether oxygens (including phenoxy) is 1. The summed E-state index contributed by atoms with van der Waals surface area (Å²) in [5.74, 6) is 0. The number of hydrogen-bond donors (Lipinski definition) is 0. The zero-order valence-corrected chi connectivity index (χ0v) is 13.7. The normalized spacial score (nSPS) is 10.8. The number of unbranched alkanes of at least 4 members (excludes halogenated alkanes) is 3. The lowest BCUT2D eigenvalue weighted by molar-refractivity contribution is 0.312. The Balaban J connectivity index is 1.89. The highest BCUT2D eigenvalue weighted by Crippen LogP contribution is 2.41. The van der Waals surface area contributed by atoms with E-state index < -0.39 is 0 Å². The maximum Gasteiger partial charge on any atom is 0.188 e. The van der Waals surface area contributed by atoms with E-state index in [0.29, 0.717) is 0 Å². The van der Waals surface area contributed by atoms with Crippen molar-refractivity contribution >= 4 is 38.6 Å². The third kappa shape index (κ3) is 3.84. The minimum atomic E-state index is 0.822. The molecule has 4 heteroatoms. The summed E-state index contributed by atoms with van der Waals surface area (Å²) in [6, 6.07) is 4.29. The molecule has 0 aliphatic heterocycles. The Morgan fingerprint density at radius 3 is 2.89 bits per heavy atom. The van der Waals surface area contributed by atoms with Crippen LogP contribution in [0, 0.1) is 0 Å². The standard InChI is InChI=1S/C14H17BrOS2/c1-2-3-4-5-7-16-14-12(15)9-13(18-14)11-6-8-17-10-11/h6,8-10H,2-5,7H2,1H3. The molecule has 2 heterocycles. The molecular formula is C14H17BrOS2. The summed E-state index contributed by atoms with van der Waals surface area (Å²) in [4.78, 5) is 1.27. The third-order valence-corrected chi connectivity index (χ3v) is 5.32. The molecule has 0 aromatic carbocycles. The van der Waals surface area contributed by atoms with Crippen molar-refractivity contribution in [2.24, 2.45) is 0 Å². The molecule has 0 unspecified atom stereocenters. The first-order chi connectivity index (χ1) is 8.81. The summed E-state index contributed by atoms with van der Waals surface area (Å²) >= 11 is 7.02. The minimum Gasteiger partial charge on any atom is -0.483 e. The molecule has 0 radical (unpaired) electrons. The molecule has 0 N–H and O–H groups in total. The first-order valence-electron chi connectivity index (χ1n) is 6.26. The molecular weight excluding hydrogens is 328 g/mol. The third-order valence-electron chi connectivity index (χ3n) is 2.69. The van der Waals surface area contributed by atoms with Crippen LogP contribution >= 0.6 is 38.6 Å². The molecule has 1 nitrogen and oxygen atoms in total. The molecule has 2 rings (SSSR count). The Kier molecular flexibility index (Phi) is 5.73. The van der Waals surface area contributed by atoms with Gasteiger partial charge in [-0.15, -0.1) is 0 Å². The van der Waals surface area contributed by atoms with E-state index in [9.17, 15) is 0 Å². The lowest BCUT2D eigenvalue weighted by Crippen LogP contribution is -1.95. The van der Waals surface area contributed by atoms with Crippen LogP contribution in [0.1, 0.15) is 32.6 Å². The van der Waals surface area contributed by atoms with E-state index in [1.165, 1.54) is 29.7 Å². The molecule has 0 amide bonds. The van der Waals surface area contributed by atoms with E-state index in [2.05, 4.69) is 45.7 Å². The van der Waals surface area contributed by atoms with Crippen LogP contribution in [-0.2, 0) is 0 Å². The summed E-state index contributed by atoms with van der Waals surface area (Å²) in [6.07, 6.45) is 4.98. The maximum atomic E-state index is 5.84. The fourth-order valence-corrected chi connectivity index (χ4v) is 4.08. The van der Waals surface area contributed by atoms with Gasteiger partial charge in [0.25, 0.3) is 0 Å². The molecule has 0 spiro atoms. The zero-order chi connectivity index (χ0) is 12.8. The van der Waals surface area contributed by atoms with Crippen molar-refractivity contribution in [3.8, 4) is 15.5 Å². The SMILES string of the molecule is CCCCCCOc1sc(-c2ccsc2)cc1Br. The molecule has 0 bridgehead atoms. The van der Waals surface area contributed by atoms with Crippen LogP contribution in [0.5, 0.6) is 5.06 Å². The maximum absolute atomic E-state index is 5.84. The predicted octanol–water partition coefficient (Wildman–Crippen LogP) is 6.20. The van der Waals surface area contributed by atoms with Crippen LogP contribution in [0.25, 0.3) is 10.4 Å². The van der Waals surface area contributed by atoms with E-state index in [1.54, 1.807) is 22.7 Å². The second-order valence-electron chi connectivity index (χ2n) is 4.17. The van der Waals surface area contributed by atoms with Gasteiger partial charge in [0, 0.05) is 10.4 Å². The van der Waals surface area contributed by atoms with Crippen molar-refractivity contribution in [2.75, 3.05) is 6.61 Å². The van der Waals surface area contributed by atoms with E-state index >= 15 is 0 Å². The van der Waals surface area contributed by atoms with Crippen molar-refractivity contribution in [2.45, 2.75) is 32.6 Å². The van der Waals surface area contributed by atoms with Crippen molar-refractivity contribution < 1.29 is 4.74 Å². The van der Waals surface area contributed by atoms with Gasteiger partial charge in [-0.3, -0.25) is 0 Å². The Morgan fingerprint density at radius 1 is 1.28 bits per heavy atom. The largest absolute Gasteiger partial charge is 0.483 e. The smallest absolute Gasteiger partial charge is 0.188 e. The summed E-state index contributed by atoms with van der Waals surface area (Å²) in [7, 11) is 0. The number of hydrogen-bond acceptors (Lipinski definition) is 3. The van der Waals surface area contributed by atoms with Gasteiger partial charge in [0.1, 0.15) is 0 Å². The molecule has 2 aromatic heterocycles. The van der Waals surface area contributed by atoms with Gasteiger partial charge in [-0.2, -0.15) is 11.3 Å². The zero-order valence-electron chi connectivity index (χ0n) is 10.4. The Hall–Kier alpha value is -0.320. The molecule has 0 saturated carbocycles. The first kappa shape index (κ1) is 14.1. The van der Waals surface area contributed by atoms with Crippen LogP contribution < -0.4 is 4.74 Å². The molecule has 18 heavy (non-hydrogen) atoms. The Bertz CT molecular complexity index is 462. The highest BCUT2D eigenvalue weighted by atomic mass is 79.9. The van der Waals surface area contributed by atoms with E-state index in [4.69, 9.17) is 4.74 Å². The van der Waals surface area contributed by atoms with Crippen molar-refractivity contribution in [1.29, 1.82) is 0 Å².